The van der Waals surface area contributed by atoms with Gasteiger partial charge in [0.05, 0.1) is 6.61 Å². The maximum atomic E-state index is 11.9. The first-order valence-electron chi connectivity index (χ1n) is 15.7. The summed E-state index contributed by atoms with van der Waals surface area (Å²) in [4.78, 5) is 11.9. The Bertz CT molecular complexity index is 1330. The highest BCUT2D eigenvalue weighted by Gasteiger charge is 2.29. The zero-order valence-electron chi connectivity index (χ0n) is 25.6. The van der Waals surface area contributed by atoms with Crippen LogP contribution < -0.4 is 0 Å². The minimum atomic E-state index is -0.340. The van der Waals surface area contributed by atoms with Crippen LogP contribution in [0.5, 0.6) is 0 Å². The van der Waals surface area contributed by atoms with Crippen molar-refractivity contribution in [2.45, 2.75) is 84.5 Å². The standard InChI is InChI=1S/C38H47ClO3/c1-5-6-7-8-32-17-18-34(24-37(32)39)29-13-15-31(16-14-29)36-20-19-33(23-27(36)4)28-9-11-30(12-10-28)35(21-22-40)25-42-38(41)26(2)3/h13-20,23-24,28,30,35,40H,2,5-12,21-22,25H2,1,3-4H3. The number of benzene rings is 3. The topological polar surface area (TPSA) is 46.5 Å². The minimum absolute atomic E-state index is 0.121. The van der Waals surface area contributed by atoms with E-state index in [1.165, 1.54) is 52.6 Å². The fraction of sp³-hybridized carbons (Fsp3) is 0.447. The maximum absolute atomic E-state index is 11.9. The summed E-state index contributed by atoms with van der Waals surface area (Å²) in [5, 5.41) is 10.5. The van der Waals surface area contributed by atoms with E-state index in [2.05, 4.69) is 81.1 Å². The first-order chi connectivity index (χ1) is 20.3. The van der Waals surface area contributed by atoms with Gasteiger partial charge in [-0.1, -0.05) is 92.5 Å². The van der Waals surface area contributed by atoms with Crippen molar-refractivity contribution in [3.63, 3.8) is 0 Å². The highest BCUT2D eigenvalue weighted by Crippen LogP contribution is 2.41. The van der Waals surface area contributed by atoms with Crippen molar-refractivity contribution in [2.24, 2.45) is 11.8 Å². The van der Waals surface area contributed by atoms with Crippen LogP contribution in [0.4, 0.5) is 0 Å². The quantitative estimate of drug-likeness (QED) is 0.123. The Morgan fingerprint density at radius 2 is 1.67 bits per heavy atom. The number of carbonyl (C=O) groups excluding carboxylic acids is 1. The van der Waals surface area contributed by atoms with E-state index in [-0.39, 0.29) is 18.5 Å². The largest absolute Gasteiger partial charge is 0.462 e. The molecule has 4 rings (SSSR count). The third-order valence-electron chi connectivity index (χ3n) is 9.07. The first-order valence-corrected chi connectivity index (χ1v) is 16.1. The van der Waals surface area contributed by atoms with Crippen LogP contribution in [0.1, 0.15) is 87.8 Å². The van der Waals surface area contributed by atoms with Crippen LogP contribution in [-0.2, 0) is 16.0 Å². The zero-order chi connectivity index (χ0) is 30.1. The number of hydrogen-bond donors (Lipinski definition) is 1. The lowest BCUT2D eigenvalue weighted by molar-refractivity contribution is -0.141. The SMILES string of the molecule is C=C(C)C(=O)OCC(CCO)C1CCC(c2ccc(-c3ccc(-c4ccc(CCCCC)c(Cl)c4)cc3)c(C)c2)CC1. The fourth-order valence-corrected chi connectivity index (χ4v) is 6.73. The summed E-state index contributed by atoms with van der Waals surface area (Å²) in [6.45, 7) is 10.3. The first kappa shape index (κ1) is 32.0. The molecule has 3 nitrogen and oxygen atoms in total. The van der Waals surface area contributed by atoms with Crippen LogP contribution in [-0.4, -0.2) is 24.3 Å². The van der Waals surface area contributed by atoms with Crippen LogP contribution >= 0.6 is 11.6 Å². The summed E-state index contributed by atoms with van der Waals surface area (Å²) < 4.78 is 5.46. The Morgan fingerprint density at radius 1 is 0.976 bits per heavy atom. The number of esters is 1. The smallest absolute Gasteiger partial charge is 0.333 e. The predicted octanol–water partition coefficient (Wildman–Crippen LogP) is 10.1. The molecule has 0 aromatic heterocycles. The maximum Gasteiger partial charge on any atom is 0.333 e. The van der Waals surface area contributed by atoms with Crippen LogP contribution in [0.25, 0.3) is 22.3 Å². The molecule has 3 aromatic rings. The normalized spacial score (nSPS) is 17.5. The van der Waals surface area contributed by atoms with E-state index >= 15 is 0 Å². The van der Waals surface area contributed by atoms with Crippen LogP contribution in [0.3, 0.4) is 0 Å². The van der Waals surface area contributed by atoms with E-state index < -0.39 is 0 Å². The number of rotatable bonds is 13. The molecule has 1 unspecified atom stereocenters. The van der Waals surface area contributed by atoms with E-state index in [1.807, 2.05) is 0 Å². The lowest BCUT2D eigenvalue weighted by atomic mass is 9.73. The van der Waals surface area contributed by atoms with Crippen molar-refractivity contribution in [1.29, 1.82) is 0 Å². The van der Waals surface area contributed by atoms with Gasteiger partial charge in [0.25, 0.3) is 0 Å². The Kier molecular flexibility index (Phi) is 11.9. The van der Waals surface area contributed by atoms with Crippen molar-refractivity contribution in [2.75, 3.05) is 13.2 Å². The monoisotopic (exact) mass is 586 g/mol. The number of unbranched alkanes of at least 4 members (excludes halogenated alkanes) is 2. The molecule has 1 N–H and O–H groups in total. The van der Waals surface area contributed by atoms with Crippen molar-refractivity contribution >= 4 is 17.6 Å². The van der Waals surface area contributed by atoms with E-state index in [9.17, 15) is 9.90 Å². The van der Waals surface area contributed by atoms with Crippen molar-refractivity contribution in [3.8, 4) is 22.3 Å². The molecule has 0 bridgehead atoms. The molecule has 0 amide bonds. The van der Waals surface area contributed by atoms with E-state index in [0.29, 0.717) is 30.4 Å². The number of halogens is 1. The molecule has 42 heavy (non-hydrogen) atoms. The Balaban J connectivity index is 1.37. The third-order valence-corrected chi connectivity index (χ3v) is 9.42. The highest BCUT2D eigenvalue weighted by molar-refractivity contribution is 6.31. The van der Waals surface area contributed by atoms with Crippen LogP contribution in [0.15, 0.2) is 72.8 Å². The summed E-state index contributed by atoms with van der Waals surface area (Å²) in [6.07, 6.45) is 9.77. The van der Waals surface area contributed by atoms with Crippen molar-refractivity contribution in [1.82, 2.24) is 0 Å². The Labute approximate surface area is 258 Å². The average molecular weight is 587 g/mol. The van der Waals surface area contributed by atoms with E-state index in [0.717, 1.165) is 42.7 Å². The van der Waals surface area contributed by atoms with Gasteiger partial charge in [0.1, 0.15) is 0 Å². The van der Waals surface area contributed by atoms with Gasteiger partial charge in [-0.3, -0.25) is 0 Å². The molecule has 3 aromatic carbocycles. The van der Waals surface area contributed by atoms with Gasteiger partial charge in [0.15, 0.2) is 0 Å². The summed E-state index contributed by atoms with van der Waals surface area (Å²) in [6, 6.07) is 22.3. The summed E-state index contributed by atoms with van der Waals surface area (Å²) in [5.74, 6) is 0.871. The summed E-state index contributed by atoms with van der Waals surface area (Å²) in [7, 11) is 0. The van der Waals surface area contributed by atoms with Gasteiger partial charge in [0.2, 0.25) is 0 Å². The average Bonchev–Trinajstić information content (AvgIpc) is 3.00. The molecule has 1 aliphatic rings. The molecule has 0 radical (unpaired) electrons. The molecular formula is C38H47ClO3. The summed E-state index contributed by atoms with van der Waals surface area (Å²) >= 11 is 6.63. The van der Waals surface area contributed by atoms with Crippen molar-refractivity contribution in [3.05, 3.63) is 94.5 Å². The van der Waals surface area contributed by atoms with Gasteiger partial charge in [-0.25, -0.2) is 4.79 Å². The summed E-state index contributed by atoms with van der Waals surface area (Å²) in [5.41, 5.74) is 9.20. The zero-order valence-corrected chi connectivity index (χ0v) is 26.4. The van der Waals surface area contributed by atoms with Gasteiger partial charge < -0.3 is 9.84 Å². The lowest BCUT2D eigenvalue weighted by Crippen LogP contribution is -2.27. The molecule has 0 aliphatic heterocycles. The van der Waals surface area contributed by atoms with Crippen LogP contribution in [0, 0.1) is 18.8 Å². The van der Waals surface area contributed by atoms with Crippen molar-refractivity contribution < 1.29 is 14.6 Å². The second-order valence-corrected chi connectivity index (χ2v) is 12.6. The molecule has 1 atom stereocenters. The second kappa shape index (κ2) is 15.5. The fourth-order valence-electron chi connectivity index (χ4n) is 6.45. The van der Waals surface area contributed by atoms with Crippen LogP contribution in [0.2, 0.25) is 5.02 Å². The lowest BCUT2D eigenvalue weighted by Gasteiger charge is -2.34. The molecule has 1 aliphatic carbocycles. The number of aliphatic hydroxyl groups excluding tert-OH is 1. The highest BCUT2D eigenvalue weighted by atomic mass is 35.5. The Morgan fingerprint density at radius 3 is 2.29 bits per heavy atom. The van der Waals surface area contributed by atoms with Gasteiger partial charge in [-0.2, -0.15) is 0 Å². The van der Waals surface area contributed by atoms with Gasteiger partial charge in [-0.15, -0.1) is 0 Å². The second-order valence-electron chi connectivity index (χ2n) is 12.2. The van der Waals surface area contributed by atoms with Gasteiger partial charge >= 0.3 is 5.97 Å². The van der Waals surface area contributed by atoms with E-state index in [1.54, 1.807) is 6.92 Å². The van der Waals surface area contributed by atoms with E-state index in [4.69, 9.17) is 16.3 Å². The molecule has 224 valence electrons. The molecular weight excluding hydrogens is 540 g/mol. The molecule has 0 heterocycles. The number of aliphatic hydroxyl groups is 1. The van der Waals surface area contributed by atoms with Gasteiger partial charge in [0, 0.05) is 17.2 Å². The minimum Gasteiger partial charge on any atom is -0.462 e. The molecule has 0 saturated heterocycles. The number of carbonyl (C=O) groups is 1. The molecule has 4 heteroatoms. The number of hydrogen-bond acceptors (Lipinski definition) is 3. The predicted molar refractivity (Wildman–Crippen MR) is 176 cm³/mol. The third kappa shape index (κ3) is 8.36. The molecule has 1 fully saturated rings. The molecule has 1 saturated carbocycles. The molecule has 0 spiro atoms. The Hall–Kier alpha value is -2.88. The number of ether oxygens (including phenoxy) is 1. The number of aryl methyl sites for hydroxylation is 2. The van der Waals surface area contributed by atoms with Gasteiger partial charge in [-0.05, 0) is 122 Å².